The van der Waals surface area contributed by atoms with E-state index in [0.717, 1.165) is 36.8 Å². The molecule has 0 bridgehead atoms. The van der Waals surface area contributed by atoms with Crippen LogP contribution in [0.15, 0.2) is 22.8 Å². The van der Waals surface area contributed by atoms with Gasteiger partial charge < -0.3 is 4.90 Å². The summed E-state index contributed by atoms with van der Waals surface area (Å²) in [4.78, 5) is 18.5. The molecule has 0 saturated carbocycles. The molecule has 1 amide bonds. The predicted octanol–water partition coefficient (Wildman–Crippen LogP) is 3.50. The molecule has 4 heteroatoms. The van der Waals surface area contributed by atoms with Crippen LogP contribution in [0.5, 0.6) is 0 Å². The van der Waals surface area contributed by atoms with Crippen molar-refractivity contribution in [3.8, 4) is 0 Å². The Morgan fingerprint density at radius 3 is 2.78 bits per heavy atom. The number of nitrogens with zero attached hydrogens (tertiary/aromatic N) is 2. The summed E-state index contributed by atoms with van der Waals surface area (Å²) in [6, 6.07) is 3.69. The third kappa shape index (κ3) is 2.44. The number of aromatic nitrogens is 1. The lowest BCUT2D eigenvalue weighted by molar-refractivity contribution is 0.0763. The van der Waals surface area contributed by atoms with Crippen molar-refractivity contribution in [2.45, 2.75) is 33.1 Å². The summed E-state index contributed by atoms with van der Waals surface area (Å²) in [5.41, 5.74) is 0.845. The fourth-order valence-corrected chi connectivity index (χ4v) is 3.05. The first-order chi connectivity index (χ1) is 8.62. The summed E-state index contributed by atoms with van der Waals surface area (Å²) >= 11 is 3.40. The van der Waals surface area contributed by atoms with Gasteiger partial charge in [0, 0.05) is 23.8 Å². The minimum absolute atomic E-state index is 0.0475. The minimum Gasteiger partial charge on any atom is -0.337 e. The van der Waals surface area contributed by atoms with Gasteiger partial charge in [-0.05, 0) is 52.7 Å². The molecule has 1 aromatic rings. The molecule has 0 unspecified atom stereocenters. The van der Waals surface area contributed by atoms with Crippen LogP contribution in [0.4, 0.5) is 0 Å². The van der Waals surface area contributed by atoms with E-state index in [1.54, 1.807) is 6.20 Å². The Balaban J connectivity index is 2.15. The van der Waals surface area contributed by atoms with Crippen LogP contribution in [0.3, 0.4) is 0 Å². The van der Waals surface area contributed by atoms with E-state index in [2.05, 4.69) is 34.8 Å². The molecule has 1 aromatic heterocycles. The zero-order chi connectivity index (χ0) is 13.2. The maximum Gasteiger partial charge on any atom is 0.273 e. The SMILES string of the molecule is CCC1(CC)CCN(C(=O)c2ncccc2Br)C1. The average molecular weight is 311 g/mol. The summed E-state index contributed by atoms with van der Waals surface area (Å²) in [5, 5.41) is 0. The Hall–Kier alpha value is -0.900. The number of halogens is 1. The zero-order valence-corrected chi connectivity index (χ0v) is 12.5. The number of hydrogen-bond donors (Lipinski definition) is 0. The summed E-state index contributed by atoms with van der Waals surface area (Å²) in [6.45, 7) is 6.15. The van der Waals surface area contributed by atoms with Gasteiger partial charge in [-0.3, -0.25) is 4.79 Å². The molecular weight excluding hydrogens is 292 g/mol. The van der Waals surface area contributed by atoms with E-state index in [4.69, 9.17) is 0 Å². The van der Waals surface area contributed by atoms with Gasteiger partial charge in [0.2, 0.25) is 0 Å². The third-order valence-electron chi connectivity index (χ3n) is 4.19. The highest BCUT2D eigenvalue weighted by Crippen LogP contribution is 2.37. The van der Waals surface area contributed by atoms with E-state index in [1.807, 2.05) is 17.0 Å². The second-order valence-corrected chi connectivity index (χ2v) is 5.87. The van der Waals surface area contributed by atoms with Gasteiger partial charge >= 0.3 is 0 Å². The van der Waals surface area contributed by atoms with Crippen LogP contribution < -0.4 is 0 Å². The first-order valence-corrected chi connectivity index (χ1v) is 7.31. The molecule has 0 aromatic carbocycles. The molecule has 1 fully saturated rings. The van der Waals surface area contributed by atoms with Crippen molar-refractivity contribution < 1.29 is 4.79 Å². The van der Waals surface area contributed by atoms with Crippen molar-refractivity contribution in [1.82, 2.24) is 9.88 Å². The van der Waals surface area contributed by atoms with Gasteiger partial charge in [-0.1, -0.05) is 13.8 Å². The highest BCUT2D eigenvalue weighted by Gasteiger charge is 2.37. The fourth-order valence-electron chi connectivity index (χ4n) is 2.63. The Bertz CT molecular complexity index is 443. The predicted molar refractivity (Wildman–Crippen MR) is 75.5 cm³/mol. The molecule has 0 spiro atoms. The second kappa shape index (κ2) is 5.39. The summed E-state index contributed by atoms with van der Waals surface area (Å²) in [6.07, 6.45) is 5.05. The highest BCUT2D eigenvalue weighted by atomic mass is 79.9. The number of likely N-dealkylation sites (tertiary alicyclic amines) is 1. The molecule has 18 heavy (non-hydrogen) atoms. The van der Waals surface area contributed by atoms with E-state index in [-0.39, 0.29) is 5.91 Å². The van der Waals surface area contributed by atoms with Crippen molar-refractivity contribution >= 4 is 21.8 Å². The lowest BCUT2D eigenvalue weighted by Gasteiger charge is -2.26. The topological polar surface area (TPSA) is 33.2 Å². The molecule has 0 N–H and O–H groups in total. The minimum atomic E-state index is 0.0475. The highest BCUT2D eigenvalue weighted by molar-refractivity contribution is 9.10. The molecular formula is C14H19BrN2O. The monoisotopic (exact) mass is 310 g/mol. The fraction of sp³-hybridized carbons (Fsp3) is 0.571. The smallest absolute Gasteiger partial charge is 0.273 e. The van der Waals surface area contributed by atoms with E-state index in [1.165, 1.54) is 0 Å². The first kappa shape index (κ1) is 13.5. The van der Waals surface area contributed by atoms with Gasteiger partial charge in [0.1, 0.15) is 5.69 Å². The third-order valence-corrected chi connectivity index (χ3v) is 4.83. The Morgan fingerprint density at radius 1 is 1.50 bits per heavy atom. The molecule has 0 radical (unpaired) electrons. The first-order valence-electron chi connectivity index (χ1n) is 6.51. The lowest BCUT2D eigenvalue weighted by Crippen LogP contribution is -2.32. The largest absolute Gasteiger partial charge is 0.337 e. The van der Waals surface area contributed by atoms with Crippen LogP contribution in [0.2, 0.25) is 0 Å². The van der Waals surface area contributed by atoms with Crippen LogP contribution in [-0.4, -0.2) is 28.9 Å². The number of rotatable bonds is 3. The van der Waals surface area contributed by atoms with Gasteiger partial charge in [0.15, 0.2) is 0 Å². The van der Waals surface area contributed by atoms with E-state index in [9.17, 15) is 4.79 Å². The van der Waals surface area contributed by atoms with Crippen molar-refractivity contribution in [2.75, 3.05) is 13.1 Å². The number of amides is 1. The van der Waals surface area contributed by atoms with Crippen LogP contribution in [-0.2, 0) is 0 Å². The molecule has 1 aliphatic heterocycles. The van der Waals surface area contributed by atoms with Crippen LogP contribution >= 0.6 is 15.9 Å². The van der Waals surface area contributed by atoms with Crippen LogP contribution in [0.1, 0.15) is 43.6 Å². The van der Waals surface area contributed by atoms with Crippen molar-refractivity contribution in [2.24, 2.45) is 5.41 Å². The maximum atomic E-state index is 12.4. The molecule has 3 nitrogen and oxygen atoms in total. The normalized spacial score (nSPS) is 18.1. The lowest BCUT2D eigenvalue weighted by atomic mass is 9.82. The standard InChI is InChI=1S/C14H19BrN2O/c1-3-14(4-2)7-9-17(10-14)13(18)12-11(15)6-5-8-16-12/h5-6,8H,3-4,7,9-10H2,1-2H3. The molecule has 2 heterocycles. The van der Waals surface area contributed by atoms with Gasteiger partial charge in [0.25, 0.3) is 5.91 Å². The molecule has 2 rings (SSSR count). The quantitative estimate of drug-likeness (QED) is 0.856. The van der Waals surface area contributed by atoms with Crippen molar-refractivity contribution in [1.29, 1.82) is 0 Å². The van der Waals surface area contributed by atoms with Crippen molar-refractivity contribution in [3.05, 3.63) is 28.5 Å². The molecule has 1 aliphatic rings. The van der Waals surface area contributed by atoms with Gasteiger partial charge in [-0.25, -0.2) is 4.98 Å². The zero-order valence-electron chi connectivity index (χ0n) is 10.9. The molecule has 1 saturated heterocycles. The van der Waals surface area contributed by atoms with E-state index < -0.39 is 0 Å². The van der Waals surface area contributed by atoms with E-state index >= 15 is 0 Å². The van der Waals surface area contributed by atoms with Gasteiger partial charge in [-0.2, -0.15) is 0 Å². The average Bonchev–Trinajstić information content (AvgIpc) is 2.84. The van der Waals surface area contributed by atoms with Crippen LogP contribution in [0, 0.1) is 5.41 Å². The molecule has 0 aliphatic carbocycles. The Morgan fingerprint density at radius 2 is 2.22 bits per heavy atom. The maximum absolute atomic E-state index is 12.4. The number of hydrogen-bond acceptors (Lipinski definition) is 2. The van der Waals surface area contributed by atoms with Crippen LogP contribution in [0.25, 0.3) is 0 Å². The Kier molecular flexibility index (Phi) is 4.05. The number of carbonyl (C=O) groups excluding carboxylic acids is 1. The van der Waals surface area contributed by atoms with Gasteiger partial charge in [-0.15, -0.1) is 0 Å². The van der Waals surface area contributed by atoms with E-state index in [0.29, 0.717) is 11.1 Å². The van der Waals surface area contributed by atoms with Gasteiger partial charge in [0.05, 0.1) is 0 Å². The number of pyridine rings is 1. The molecule has 0 atom stereocenters. The van der Waals surface area contributed by atoms with Crippen molar-refractivity contribution in [3.63, 3.8) is 0 Å². The summed E-state index contributed by atoms with van der Waals surface area (Å²) in [5.74, 6) is 0.0475. The summed E-state index contributed by atoms with van der Waals surface area (Å²) < 4.78 is 0.778. The second-order valence-electron chi connectivity index (χ2n) is 5.02. The number of carbonyl (C=O) groups is 1. The summed E-state index contributed by atoms with van der Waals surface area (Å²) in [7, 11) is 0. The Labute approximate surface area is 117 Å². The molecule has 98 valence electrons.